The zero-order valence-corrected chi connectivity index (χ0v) is 14.2. The molecule has 138 valence electrons. The monoisotopic (exact) mass is 369 g/mol. The van der Waals surface area contributed by atoms with Crippen molar-refractivity contribution in [1.29, 1.82) is 0 Å². The standard InChI is InChI=1S/C18H15N3O6/c1-8(6-13(23)24)15(25)9-2-4-10(5-3-9)21-12(22)7-11-14(16(21)19)18(27)20-17(11)26/h2-5,7-8H,6,19H2,1H3,(H,23,24)(H,20,26,27). The fourth-order valence-electron chi connectivity index (χ4n) is 2.96. The number of carboxylic acid groups (broad SMARTS) is 1. The molecule has 1 aromatic carbocycles. The topological polar surface area (TPSA) is 149 Å². The summed E-state index contributed by atoms with van der Waals surface area (Å²) in [6, 6.07) is 6.83. The third kappa shape index (κ3) is 3.10. The quantitative estimate of drug-likeness (QED) is 0.516. The highest BCUT2D eigenvalue weighted by molar-refractivity contribution is 6.23. The summed E-state index contributed by atoms with van der Waals surface area (Å²) in [5.74, 6) is -3.66. The Morgan fingerprint density at radius 2 is 1.78 bits per heavy atom. The SMILES string of the molecule is CC(CC(=O)O)C(=O)c1ccc(-n2c(N)c3c(cc2=O)C(=O)NC3=O)cc1. The van der Waals surface area contributed by atoms with E-state index in [-0.39, 0.29) is 34.7 Å². The summed E-state index contributed by atoms with van der Waals surface area (Å²) in [7, 11) is 0. The summed E-state index contributed by atoms with van der Waals surface area (Å²) in [4.78, 5) is 58.9. The lowest BCUT2D eigenvalue weighted by atomic mass is 9.96. The van der Waals surface area contributed by atoms with E-state index in [1.807, 2.05) is 0 Å². The van der Waals surface area contributed by atoms with Crippen LogP contribution in [0.2, 0.25) is 0 Å². The van der Waals surface area contributed by atoms with Crippen molar-refractivity contribution >= 4 is 29.4 Å². The van der Waals surface area contributed by atoms with E-state index in [2.05, 4.69) is 5.32 Å². The van der Waals surface area contributed by atoms with Gasteiger partial charge in [0.05, 0.1) is 23.2 Å². The first kappa shape index (κ1) is 18.1. The number of carboxylic acids is 1. The van der Waals surface area contributed by atoms with Crippen molar-refractivity contribution in [3.8, 4) is 5.69 Å². The van der Waals surface area contributed by atoms with Crippen LogP contribution in [-0.2, 0) is 4.79 Å². The number of nitrogens with one attached hydrogen (secondary N) is 1. The van der Waals surface area contributed by atoms with E-state index < -0.39 is 29.3 Å². The van der Waals surface area contributed by atoms with Crippen LogP contribution in [0.4, 0.5) is 5.82 Å². The summed E-state index contributed by atoms with van der Waals surface area (Å²) < 4.78 is 1.06. The Labute approximate surface area is 152 Å². The van der Waals surface area contributed by atoms with Crippen LogP contribution in [0.25, 0.3) is 5.69 Å². The number of Topliss-reactive ketones (excluding diaryl/α,β-unsaturated/α-hetero) is 1. The van der Waals surface area contributed by atoms with Crippen molar-refractivity contribution in [3.05, 3.63) is 57.4 Å². The lowest BCUT2D eigenvalue weighted by molar-refractivity contribution is -0.137. The van der Waals surface area contributed by atoms with Crippen LogP contribution in [0.3, 0.4) is 0 Å². The Morgan fingerprint density at radius 1 is 1.15 bits per heavy atom. The smallest absolute Gasteiger partial charge is 0.304 e. The molecule has 1 atom stereocenters. The second-order valence-corrected chi connectivity index (χ2v) is 6.19. The van der Waals surface area contributed by atoms with Crippen LogP contribution in [-0.4, -0.2) is 33.2 Å². The number of anilines is 1. The number of fused-ring (bicyclic) bond motifs is 1. The summed E-state index contributed by atoms with van der Waals surface area (Å²) in [6.07, 6.45) is -0.291. The van der Waals surface area contributed by atoms with Crippen molar-refractivity contribution in [2.24, 2.45) is 5.92 Å². The molecule has 4 N–H and O–H groups in total. The molecule has 0 saturated heterocycles. The molecule has 0 spiro atoms. The fourth-order valence-corrected chi connectivity index (χ4v) is 2.96. The molecule has 1 aromatic heterocycles. The zero-order chi connectivity index (χ0) is 19.9. The lowest BCUT2D eigenvalue weighted by Crippen LogP contribution is -2.24. The number of ketones is 1. The molecule has 1 aliphatic rings. The molecule has 0 saturated carbocycles. The molecular weight excluding hydrogens is 354 g/mol. The number of hydrogen-bond donors (Lipinski definition) is 3. The molecule has 9 nitrogen and oxygen atoms in total. The molecule has 0 fully saturated rings. The number of aliphatic carboxylic acids is 1. The van der Waals surface area contributed by atoms with Crippen LogP contribution in [0.15, 0.2) is 35.1 Å². The van der Waals surface area contributed by atoms with Crippen LogP contribution in [0.5, 0.6) is 0 Å². The number of imide groups is 1. The Balaban J connectivity index is 2.00. The molecule has 2 heterocycles. The maximum atomic E-state index is 12.4. The van der Waals surface area contributed by atoms with Gasteiger partial charge in [0.15, 0.2) is 5.78 Å². The first-order chi connectivity index (χ1) is 12.7. The minimum absolute atomic E-state index is 0.0742. The maximum Gasteiger partial charge on any atom is 0.304 e. The number of benzene rings is 1. The zero-order valence-electron chi connectivity index (χ0n) is 14.2. The Bertz CT molecular complexity index is 1050. The van der Waals surface area contributed by atoms with Crippen molar-refractivity contribution in [1.82, 2.24) is 9.88 Å². The third-order valence-electron chi connectivity index (χ3n) is 4.29. The van der Waals surface area contributed by atoms with Gasteiger partial charge in [-0.2, -0.15) is 0 Å². The van der Waals surface area contributed by atoms with Gasteiger partial charge in [0.1, 0.15) is 5.82 Å². The molecule has 9 heteroatoms. The number of hydrogen-bond acceptors (Lipinski definition) is 6. The average molecular weight is 369 g/mol. The van der Waals surface area contributed by atoms with Crippen LogP contribution in [0.1, 0.15) is 44.4 Å². The molecule has 2 amide bonds. The summed E-state index contributed by atoms with van der Waals surface area (Å²) >= 11 is 0. The van der Waals surface area contributed by atoms with E-state index in [1.54, 1.807) is 0 Å². The van der Waals surface area contributed by atoms with Gasteiger partial charge in [-0.1, -0.05) is 6.92 Å². The van der Waals surface area contributed by atoms with Crippen LogP contribution in [0, 0.1) is 5.92 Å². The number of aromatic nitrogens is 1. The first-order valence-electron chi connectivity index (χ1n) is 7.98. The number of amides is 2. The van der Waals surface area contributed by atoms with Crippen molar-refractivity contribution in [3.63, 3.8) is 0 Å². The van der Waals surface area contributed by atoms with E-state index in [9.17, 15) is 24.0 Å². The summed E-state index contributed by atoms with van der Waals surface area (Å²) in [5.41, 5.74) is 5.77. The van der Waals surface area contributed by atoms with E-state index in [0.717, 1.165) is 10.6 Å². The van der Waals surface area contributed by atoms with Gasteiger partial charge in [-0.3, -0.25) is 33.9 Å². The van der Waals surface area contributed by atoms with Gasteiger partial charge in [0, 0.05) is 17.5 Å². The second kappa shape index (κ2) is 6.52. The lowest BCUT2D eigenvalue weighted by Gasteiger charge is -2.13. The molecule has 3 rings (SSSR count). The predicted molar refractivity (Wildman–Crippen MR) is 94.0 cm³/mol. The van der Waals surface area contributed by atoms with Gasteiger partial charge in [0.25, 0.3) is 17.4 Å². The third-order valence-corrected chi connectivity index (χ3v) is 4.29. The number of nitrogen functional groups attached to an aromatic ring is 1. The largest absolute Gasteiger partial charge is 0.481 e. The average Bonchev–Trinajstić information content (AvgIpc) is 2.88. The van der Waals surface area contributed by atoms with Crippen LogP contribution < -0.4 is 16.6 Å². The van der Waals surface area contributed by atoms with Gasteiger partial charge in [-0.15, -0.1) is 0 Å². The van der Waals surface area contributed by atoms with Crippen molar-refractivity contribution in [2.75, 3.05) is 5.73 Å². The van der Waals surface area contributed by atoms with E-state index >= 15 is 0 Å². The number of pyridine rings is 1. The van der Waals surface area contributed by atoms with Gasteiger partial charge < -0.3 is 10.8 Å². The normalized spacial score (nSPS) is 13.8. The minimum Gasteiger partial charge on any atom is -0.481 e. The highest BCUT2D eigenvalue weighted by Gasteiger charge is 2.31. The summed E-state index contributed by atoms with van der Waals surface area (Å²) in [6.45, 7) is 1.52. The van der Waals surface area contributed by atoms with Gasteiger partial charge in [-0.05, 0) is 24.3 Å². The molecule has 1 aliphatic heterocycles. The van der Waals surface area contributed by atoms with Crippen molar-refractivity contribution in [2.45, 2.75) is 13.3 Å². The number of carbonyl (C=O) groups is 4. The summed E-state index contributed by atoms with van der Waals surface area (Å²) in [5, 5.41) is 10.9. The predicted octanol–water partition coefficient (Wildman–Crippen LogP) is 0.597. The maximum absolute atomic E-state index is 12.4. The number of nitrogens with zero attached hydrogens (tertiary/aromatic N) is 1. The molecule has 0 aliphatic carbocycles. The Morgan fingerprint density at radius 3 is 2.37 bits per heavy atom. The highest BCUT2D eigenvalue weighted by atomic mass is 16.4. The number of rotatable bonds is 5. The van der Waals surface area contributed by atoms with Gasteiger partial charge >= 0.3 is 5.97 Å². The molecule has 1 unspecified atom stereocenters. The van der Waals surface area contributed by atoms with E-state index in [4.69, 9.17) is 10.8 Å². The first-order valence-corrected chi connectivity index (χ1v) is 7.98. The number of nitrogens with two attached hydrogens (primary N) is 1. The van der Waals surface area contributed by atoms with Crippen molar-refractivity contribution < 1.29 is 24.3 Å². The molecule has 0 radical (unpaired) electrons. The Kier molecular flexibility index (Phi) is 4.36. The molecule has 2 aromatic rings. The van der Waals surface area contributed by atoms with Crippen LogP contribution >= 0.6 is 0 Å². The second-order valence-electron chi connectivity index (χ2n) is 6.19. The Hall–Kier alpha value is -3.75. The minimum atomic E-state index is -1.07. The number of carbonyl (C=O) groups excluding carboxylic acids is 3. The molecule has 27 heavy (non-hydrogen) atoms. The van der Waals surface area contributed by atoms with Gasteiger partial charge in [-0.25, -0.2) is 0 Å². The fraction of sp³-hybridized carbons (Fsp3) is 0.167. The highest BCUT2D eigenvalue weighted by Crippen LogP contribution is 2.23. The van der Waals surface area contributed by atoms with E-state index in [1.165, 1.54) is 31.2 Å². The molecule has 0 bridgehead atoms. The van der Waals surface area contributed by atoms with Gasteiger partial charge in [0.2, 0.25) is 0 Å². The van der Waals surface area contributed by atoms with E-state index in [0.29, 0.717) is 5.69 Å². The molecular formula is C18H15N3O6.